The summed E-state index contributed by atoms with van der Waals surface area (Å²) in [5.74, 6) is -0.799. The largest absolute Gasteiger partial charge is 0.477 e. The highest BCUT2D eigenvalue weighted by molar-refractivity contribution is 7.91. The van der Waals surface area contributed by atoms with Crippen molar-refractivity contribution < 1.29 is 22.4 Å². The maximum absolute atomic E-state index is 12.0. The van der Waals surface area contributed by atoms with Crippen molar-refractivity contribution in [3.8, 4) is 5.88 Å². The zero-order valence-electron chi connectivity index (χ0n) is 16.8. The average Bonchev–Trinajstić information content (AvgIpc) is 3.38. The van der Waals surface area contributed by atoms with Crippen LogP contribution in [-0.4, -0.2) is 49.7 Å². The highest BCUT2D eigenvalue weighted by Crippen LogP contribution is 2.15. The van der Waals surface area contributed by atoms with E-state index in [0.717, 1.165) is 19.6 Å². The highest BCUT2D eigenvalue weighted by atomic mass is 32.2. The monoisotopic (exact) mass is 433 g/mol. The van der Waals surface area contributed by atoms with Crippen LogP contribution in [0.1, 0.15) is 30.4 Å². The first kappa shape index (κ1) is 22.0. The SMILES string of the molecule is O=C(CS(=O)(=O)Cc1ccoc1)N/C=C/CCOc1cc(CN2CCCC2)ccn1. The Balaban J connectivity index is 1.33. The van der Waals surface area contributed by atoms with Gasteiger partial charge in [0, 0.05) is 30.8 Å². The molecule has 3 heterocycles. The fourth-order valence-electron chi connectivity index (χ4n) is 3.21. The van der Waals surface area contributed by atoms with Gasteiger partial charge in [-0.2, -0.15) is 0 Å². The quantitative estimate of drug-likeness (QED) is 0.543. The van der Waals surface area contributed by atoms with E-state index in [1.807, 2.05) is 12.1 Å². The molecule has 1 N–H and O–H groups in total. The first-order chi connectivity index (χ1) is 14.5. The van der Waals surface area contributed by atoms with Crippen LogP contribution >= 0.6 is 0 Å². The molecule has 0 radical (unpaired) electrons. The number of rotatable bonds is 11. The third kappa shape index (κ3) is 7.64. The first-order valence-corrected chi connectivity index (χ1v) is 11.8. The molecule has 0 aliphatic carbocycles. The molecule has 0 unspecified atom stereocenters. The molecule has 1 amide bonds. The number of hydrogen-bond donors (Lipinski definition) is 1. The van der Waals surface area contributed by atoms with Crippen molar-refractivity contribution in [2.75, 3.05) is 25.4 Å². The number of likely N-dealkylation sites (tertiary alicyclic amines) is 1. The van der Waals surface area contributed by atoms with E-state index in [2.05, 4.69) is 15.2 Å². The number of nitrogens with zero attached hydrogens (tertiary/aromatic N) is 2. The van der Waals surface area contributed by atoms with Crippen molar-refractivity contribution >= 4 is 15.7 Å². The molecular formula is C21H27N3O5S. The van der Waals surface area contributed by atoms with Gasteiger partial charge in [0.25, 0.3) is 0 Å². The van der Waals surface area contributed by atoms with Gasteiger partial charge in [-0.05, 0) is 49.8 Å². The number of carbonyl (C=O) groups excluding carboxylic acids is 1. The lowest BCUT2D eigenvalue weighted by Gasteiger charge is -2.14. The van der Waals surface area contributed by atoms with E-state index in [0.29, 0.717) is 24.5 Å². The number of amides is 1. The van der Waals surface area contributed by atoms with Gasteiger partial charge in [0.15, 0.2) is 9.84 Å². The Labute approximate surface area is 176 Å². The summed E-state index contributed by atoms with van der Waals surface area (Å²) in [5.41, 5.74) is 1.70. The Bertz CT molecular complexity index is 935. The molecule has 162 valence electrons. The second kappa shape index (κ2) is 10.9. The van der Waals surface area contributed by atoms with Crippen molar-refractivity contribution in [3.05, 3.63) is 60.3 Å². The fraction of sp³-hybridized carbons (Fsp3) is 0.429. The predicted molar refractivity (Wildman–Crippen MR) is 112 cm³/mol. The lowest BCUT2D eigenvalue weighted by Crippen LogP contribution is -2.27. The van der Waals surface area contributed by atoms with Crippen LogP contribution in [0, 0.1) is 0 Å². The number of pyridine rings is 1. The topological polar surface area (TPSA) is 102 Å². The maximum atomic E-state index is 12.0. The first-order valence-electron chi connectivity index (χ1n) is 9.96. The second-order valence-corrected chi connectivity index (χ2v) is 9.32. The van der Waals surface area contributed by atoms with E-state index < -0.39 is 21.5 Å². The predicted octanol–water partition coefficient (Wildman–Crippen LogP) is 2.28. The standard InChI is InChI=1S/C21H27N3O5S/c25-20(17-30(26,27)16-19-6-12-28-15-19)22-7-1-4-11-29-21-13-18(5-8-23-21)14-24-9-2-3-10-24/h1,5-8,12-13,15H,2-4,9-11,14,16-17H2,(H,22,25)/b7-1+. The van der Waals surface area contributed by atoms with Crippen LogP contribution in [0.5, 0.6) is 5.88 Å². The number of nitrogens with one attached hydrogen (secondary N) is 1. The van der Waals surface area contributed by atoms with Crippen LogP contribution < -0.4 is 10.1 Å². The zero-order chi connectivity index (χ0) is 21.2. The van der Waals surface area contributed by atoms with Crippen LogP contribution in [0.25, 0.3) is 0 Å². The van der Waals surface area contributed by atoms with E-state index in [1.54, 1.807) is 18.3 Å². The Morgan fingerprint density at radius 3 is 2.87 bits per heavy atom. The van der Waals surface area contributed by atoms with Gasteiger partial charge < -0.3 is 14.5 Å². The maximum Gasteiger partial charge on any atom is 0.239 e. The van der Waals surface area contributed by atoms with Gasteiger partial charge in [-0.3, -0.25) is 9.69 Å². The van der Waals surface area contributed by atoms with Crippen molar-refractivity contribution in [2.45, 2.75) is 31.6 Å². The highest BCUT2D eigenvalue weighted by Gasteiger charge is 2.17. The fourth-order valence-corrected chi connectivity index (χ4v) is 4.47. The van der Waals surface area contributed by atoms with Gasteiger partial charge in [-0.25, -0.2) is 13.4 Å². The van der Waals surface area contributed by atoms with E-state index in [4.69, 9.17) is 9.15 Å². The van der Waals surface area contributed by atoms with E-state index in [1.165, 1.54) is 37.1 Å². The summed E-state index contributed by atoms with van der Waals surface area (Å²) in [4.78, 5) is 18.5. The molecule has 8 nitrogen and oxygen atoms in total. The molecule has 30 heavy (non-hydrogen) atoms. The number of ether oxygens (including phenoxy) is 1. The lowest BCUT2D eigenvalue weighted by molar-refractivity contribution is -0.117. The molecule has 0 saturated carbocycles. The third-order valence-electron chi connectivity index (χ3n) is 4.62. The number of hydrogen-bond acceptors (Lipinski definition) is 7. The van der Waals surface area contributed by atoms with Crippen LogP contribution in [0.15, 0.2) is 53.6 Å². The van der Waals surface area contributed by atoms with Crippen LogP contribution in [0.4, 0.5) is 0 Å². The summed E-state index contributed by atoms with van der Waals surface area (Å²) >= 11 is 0. The zero-order valence-corrected chi connectivity index (χ0v) is 17.6. The van der Waals surface area contributed by atoms with Gasteiger partial charge in [0.05, 0.1) is 24.9 Å². The van der Waals surface area contributed by atoms with Crippen LogP contribution in [0.3, 0.4) is 0 Å². The summed E-state index contributed by atoms with van der Waals surface area (Å²) in [6, 6.07) is 5.52. The van der Waals surface area contributed by atoms with Crippen molar-refractivity contribution in [2.24, 2.45) is 0 Å². The molecule has 2 aromatic rings. The van der Waals surface area contributed by atoms with Gasteiger partial charge >= 0.3 is 0 Å². The smallest absolute Gasteiger partial charge is 0.239 e. The van der Waals surface area contributed by atoms with Gasteiger partial charge in [0.2, 0.25) is 11.8 Å². The van der Waals surface area contributed by atoms with Crippen LogP contribution in [0.2, 0.25) is 0 Å². The average molecular weight is 434 g/mol. The molecular weight excluding hydrogens is 406 g/mol. The van der Waals surface area contributed by atoms with Crippen molar-refractivity contribution in [1.29, 1.82) is 0 Å². The summed E-state index contributed by atoms with van der Waals surface area (Å²) in [6.07, 6.45) is 10.7. The molecule has 0 atom stereocenters. The van der Waals surface area contributed by atoms with Gasteiger partial charge in [0.1, 0.15) is 5.75 Å². The molecule has 1 saturated heterocycles. The van der Waals surface area contributed by atoms with Crippen molar-refractivity contribution in [3.63, 3.8) is 0 Å². The molecule has 9 heteroatoms. The molecule has 0 bridgehead atoms. The number of sulfone groups is 1. The normalized spacial score (nSPS) is 14.9. The Hall–Kier alpha value is -2.65. The second-order valence-electron chi connectivity index (χ2n) is 7.26. The van der Waals surface area contributed by atoms with Crippen molar-refractivity contribution in [1.82, 2.24) is 15.2 Å². The van der Waals surface area contributed by atoms with Gasteiger partial charge in [-0.15, -0.1) is 0 Å². The number of aromatic nitrogens is 1. The van der Waals surface area contributed by atoms with E-state index in [9.17, 15) is 13.2 Å². The number of carbonyl (C=O) groups is 1. The Morgan fingerprint density at radius 2 is 2.10 bits per heavy atom. The molecule has 1 aliphatic heterocycles. The molecule has 3 rings (SSSR count). The Morgan fingerprint density at radius 1 is 1.27 bits per heavy atom. The minimum atomic E-state index is -3.54. The molecule has 1 fully saturated rings. The van der Waals surface area contributed by atoms with E-state index in [-0.39, 0.29) is 5.75 Å². The summed E-state index contributed by atoms with van der Waals surface area (Å²) in [6.45, 7) is 3.60. The van der Waals surface area contributed by atoms with Crippen LogP contribution in [-0.2, 0) is 26.9 Å². The lowest BCUT2D eigenvalue weighted by atomic mass is 10.2. The summed E-state index contributed by atoms with van der Waals surface area (Å²) in [7, 11) is -3.54. The van der Waals surface area contributed by atoms with Gasteiger partial charge in [-0.1, -0.05) is 6.08 Å². The third-order valence-corrected chi connectivity index (χ3v) is 6.09. The molecule has 0 spiro atoms. The molecule has 2 aromatic heterocycles. The minimum Gasteiger partial charge on any atom is -0.477 e. The Kier molecular flexibility index (Phi) is 8.04. The summed E-state index contributed by atoms with van der Waals surface area (Å²) < 4.78 is 34.5. The molecule has 0 aromatic carbocycles. The minimum absolute atomic E-state index is 0.224. The molecule has 1 aliphatic rings. The number of furan rings is 1. The van der Waals surface area contributed by atoms with E-state index >= 15 is 0 Å². The summed E-state index contributed by atoms with van der Waals surface area (Å²) in [5, 5.41) is 2.47.